The SMILES string of the molecule is CCC(Cn1cncn1)Nc1cnn(C2CCCC2)c1C. The van der Waals surface area contributed by atoms with Crippen LogP contribution in [-0.4, -0.2) is 30.6 Å². The third kappa shape index (κ3) is 3.09. The standard InChI is InChI=1S/C15H24N6/c1-3-13(9-20-11-16-10-18-20)19-15-8-17-21(12(15)2)14-6-4-5-7-14/h8,10-11,13-14,19H,3-7,9H2,1-2H3. The zero-order valence-electron chi connectivity index (χ0n) is 12.9. The van der Waals surface area contributed by atoms with E-state index in [2.05, 4.69) is 39.0 Å². The van der Waals surface area contributed by atoms with Gasteiger partial charge < -0.3 is 5.32 Å². The molecule has 1 N–H and O–H groups in total. The van der Waals surface area contributed by atoms with Crippen molar-refractivity contribution >= 4 is 5.69 Å². The Hall–Kier alpha value is -1.85. The van der Waals surface area contributed by atoms with Gasteiger partial charge in [0.05, 0.1) is 30.2 Å². The molecule has 1 saturated carbocycles. The van der Waals surface area contributed by atoms with Gasteiger partial charge in [0.25, 0.3) is 0 Å². The van der Waals surface area contributed by atoms with Gasteiger partial charge in [0.15, 0.2) is 0 Å². The number of hydrogen-bond acceptors (Lipinski definition) is 4. The lowest BCUT2D eigenvalue weighted by atomic mass is 10.2. The summed E-state index contributed by atoms with van der Waals surface area (Å²) in [5, 5.41) is 12.4. The van der Waals surface area contributed by atoms with Gasteiger partial charge in [-0.3, -0.25) is 9.36 Å². The van der Waals surface area contributed by atoms with Gasteiger partial charge in [-0.25, -0.2) is 4.98 Å². The maximum atomic E-state index is 4.60. The highest BCUT2D eigenvalue weighted by Gasteiger charge is 2.21. The van der Waals surface area contributed by atoms with Gasteiger partial charge >= 0.3 is 0 Å². The van der Waals surface area contributed by atoms with Crippen molar-refractivity contribution in [3.05, 3.63) is 24.5 Å². The van der Waals surface area contributed by atoms with E-state index in [1.165, 1.54) is 31.4 Å². The number of nitrogens with one attached hydrogen (secondary N) is 1. The molecule has 1 unspecified atom stereocenters. The summed E-state index contributed by atoms with van der Waals surface area (Å²) < 4.78 is 4.08. The van der Waals surface area contributed by atoms with E-state index in [-0.39, 0.29) is 0 Å². The van der Waals surface area contributed by atoms with Crippen molar-refractivity contribution in [2.45, 2.75) is 64.6 Å². The summed E-state index contributed by atoms with van der Waals surface area (Å²) in [4.78, 5) is 4.00. The first kappa shape index (κ1) is 14.1. The van der Waals surface area contributed by atoms with Crippen LogP contribution in [0.4, 0.5) is 5.69 Å². The quantitative estimate of drug-likeness (QED) is 0.888. The van der Waals surface area contributed by atoms with Gasteiger partial charge in [0.2, 0.25) is 0 Å². The van der Waals surface area contributed by atoms with Gasteiger partial charge in [-0.1, -0.05) is 19.8 Å². The second kappa shape index (κ2) is 6.28. The maximum absolute atomic E-state index is 4.60. The molecule has 0 bridgehead atoms. The van der Waals surface area contributed by atoms with Gasteiger partial charge in [-0.05, 0) is 26.2 Å². The van der Waals surface area contributed by atoms with Crippen LogP contribution in [0, 0.1) is 6.92 Å². The number of rotatable bonds is 6. The molecule has 1 aliphatic carbocycles. The minimum Gasteiger partial charge on any atom is -0.378 e. The van der Waals surface area contributed by atoms with E-state index in [1.807, 2.05) is 10.9 Å². The lowest BCUT2D eigenvalue weighted by molar-refractivity contribution is 0.456. The number of hydrogen-bond donors (Lipinski definition) is 1. The fraction of sp³-hybridized carbons (Fsp3) is 0.667. The van der Waals surface area contributed by atoms with E-state index >= 15 is 0 Å². The Kier molecular flexibility index (Phi) is 4.22. The molecule has 2 aromatic heterocycles. The van der Waals surface area contributed by atoms with Crippen LogP contribution >= 0.6 is 0 Å². The fourth-order valence-corrected chi connectivity index (χ4v) is 3.13. The van der Waals surface area contributed by atoms with Crippen molar-refractivity contribution in [3.8, 4) is 0 Å². The van der Waals surface area contributed by atoms with Crippen molar-refractivity contribution < 1.29 is 0 Å². The van der Waals surface area contributed by atoms with Crippen LogP contribution in [0.5, 0.6) is 0 Å². The molecule has 0 amide bonds. The fourth-order valence-electron chi connectivity index (χ4n) is 3.13. The normalized spacial score (nSPS) is 17.2. The molecule has 6 heteroatoms. The largest absolute Gasteiger partial charge is 0.378 e. The van der Waals surface area contributed by atoms with E-state index < -0.39 is 0 Å². The Labute approximate surface area is 125 Å². The molecule has 6 nitrogen and oxygen atoms in total. The lowest BCUT2D eigenvalue weighted by Crippen LogP contribution is -2.25. The van der Waals surface area contributed by atoms with Crippen LogP contribution in [0.2, 0.25) is 0 Å². The summed E-state index contributed by atoms with van der Waals surface area (Å²) in [5.74, 6) is 0. The van der Waals surface area contributed by atoms with Crippen LogP contribution in [0.1, 0.15) is 50.8 Å². The average Bonchev–Trinajstić information content (AvgIpc) is 3.21. The number of nitrogens with zero attached hydrogens (tertiary/aromatic N) is 5. The smallest absolute Gasteiger partial charge is 0.137 e. The third-order valence-electron chi connectivity index (χ3n) is 4.44. The molecule has 1 atom stereocenters. The summed E-state index contributed by atoms with van der Waals surface area (Å²) in [5.41, 5.74) is 2.40. The molecule has 0 aromatic carbocycles. The minimum atomic E-state index is 0.339. The predicted molar refractivity (Wildman–Crippen MR) is 82.2 cm³/mol. The average molecular weight is 288 g/mol. The van der Waals surface area contributed by atoms with Crippen molar-refractivity contribution in [2.24, 2.45) is 0 Å². The summed E-state index contributed by atoms with van der Waals surface area (Å²) in [6, 6.07) is 0.933. The number of anilines is 1. The molecule has 0 saturated heterocycles. The van der Waals surface area contributed by atoms with Crippen LogP contribution in [0.15, 0.2) is 18.9 Å². The van der Waals surface area contributed by atoms with Crippen LogP contribution in [-0.2, 0) is 6.54 Å². The van der Waals surface area contributed by atoms with Gasteiger partial charge in [0, 0.05) is 6.04 Å². The van der Waals surface area contributed by atoms with Crippen molar-refractivity contribution in [2.75, 3.05) is 5.32 Å². The second-order valence-corrected chi connectivity index (χ2v) is 5.89. The summed E-state index contributed by atoms with van der Waals surface area (Å²) in [7, 11) is 0. The van der Waals surface area contributed by atoms with E-state index in [9.17, 15) is 0 Å². The molecular weight excluding hydrogens is 264 g/mol. The molecule has 0 spiro atoms. The summed E-state index contributed by atoms with van der Waals surface area (Å²) >= 11 is 0. The third-order valence-corrected chi connectivity index (χ3v) is 4.44. The molecule has 114 valence electrons. The molecule has 21 heavy (non-hydrogen) atoms. The van der Waals surface area contributed by atoms with Crippen molar-refractivity contribution in [1.82, 2.24) is 24.5 Å². The molecular formula is C15H24N6. The zero-order chi connectivity index (χ0) is 14.7. The molecule has 3 rings (SSSR count). The molecule has 0 aliphatic heterocycles. The topological polar surface area (TPSA) is 60.6 Å². The molecule has 2 heterocycles. The monoisotopic (exact) mass is 288 g/mol. The van der Waals surface area contributed by atoms with Crippen molar-refractivity contribution in [1.29, 1.82) is 0 Å². The van der Waals surface area contributed by atoms with E-state index in [4.69, 9.17) is 0 Å². The molecule has 0 radical (unpaired) electrons. The highest BCUT2D eigenvalue weighted by atomic mass is 15.3. The van der Waals surface area contributed by atoms with Crippen molar-refractivity contribution in [3.63, 3.8) is 0 Å². The zero-order valence-corrected chi connectivity index (χ0v) is 12.9. The van der Waals surface area contributed by atoms with Gasteiger partial charge in [-0.15, -0.1) is 0 Å². The minimum absolute atomic E-state index is 0.339. The van der Waals surface area contributed by atoms with E-state index in [0.717, 1.165) is 18.7 Å². The Bertz CT molecular complexity index is 553. The first-order valence-electron chi connectivity index (χ1n) is 7.91. The van der Waals surface area contributed by atoms with Crippen LogP contribution in [0.25, 0.3) is 0 Å². The molecule has 1 aliphatic rings. The molecule has 1 fully saturated rings. The summed E-state index contributed by atoms with van der Waals surface area (Å²) in [6.45, 7) is 5.17. The Morgan fingerprint density at radius 1 is 1.33 bits per heavy atom. The Morgan fingerprint density at radius 3 is 2.81 bits per heavy atom. The van der Waals surface area contributed by atoms with Crippen LogP contribution in [0.3, 0.4) is 0 Å². The van der Waals surface area contributed by atoms with E-state index in [0.29, 0.717) is 12.1 Å². The molecule has 2 aromatic rings. The van der Waals surface area contributed by atoms with Gasteiger partial charge in [0.1, 0.15) is 12.7 Å². The Morgan fingerprint density at radius 2 is 2.14 bits per heavy atom. The second-order valence-electron chi connectivity index (χ2n) is 5.89. The highest BCUT2D eigenvalue weighted by Crippen LogP contribution is 2.31. The summed E-state index contributed by atoms with van der Waals surface area (Å²) in [6.07, 6.45) is 11.5. The number of aromatic nitrogens is 5. The Balaban J connectivity index is 1.68. The first-order chi connectivity index (χ1) is 10.3. The first-order valence-corrected chi connectivity index (χ1v) is 7.91. The van der Waals surface area contributed by atoms with E-state index in [1.54, 1.807) is 12.7 Å². The van der Waals surface area contributed by atoms with Gasteiger partial charge in [-0.2, -0.15) is 10.2 Å². The highest BCUT2D eigenvalue weighted by molar-refractivity contribution is 5.46. The lowest BCUT2D eigenvalue weighted by Gasteiger charge is -2.18. The predicted octanol–water partition coefficient (Wildman–Crippen LogP) is 2.79. The van der Waals surface area contributed by atoms with Crippen LogP contribution < -0.4 is 5.32 Å². The maximum Gasteiger partial charge on any atom is 0.137 e.